The summed E-state index contributed by atoms with van der Waals surface area (Å²) < 4.78 is 4.89. The lowest BCUT2D eigenvalue weighted by atomic mass is 10.2. The van der Waals surface area contributed by atoms with E-state index >= 15 is 0 Å². The summed E-state index contributed by atoms with van der Waals surface area (Å²) in [7, 11) is 0. The van der Waals surface area contributed by atoms with E-state index in [1.807, 2.05) is 0 Å². The van der Waals surface area contributed by atoms with E-state index in [2.05, 4.69) is 11.9 Å². The van der Waals surface area contributed by atoms with Crippen LogP contribution in [-0.2, 0) is 4.74 Å². The third-order valence-corrected chi connectivity index (χ3v) is 2.58. The van der Waals surface area contributed by atoms with Gasteiger partial charge in [0.15, 0.2) is 0 Å². The highest BCUT2D eigenvalue weighted by Gasteiger charge is 2.15. The van der Waals surface area contributed by atoms with E-state index in [9.17, 15) is 14.9 Å². The van der Waals surface area contributed by atoms with Gasteiger partial charge in [-0.15, -0.1) is 0 Å². The molecule has 1 aromatic rings. The molecule has 0 atom stereocenters. The largest absolute Gasteiger partial charge is 0.502 e. The molecule has 102 valence electrons. The molecule has 19 heavy (non-hydrogen) atoms. The van der Waals surface area contributed by atoms with Crippen molar-refractivity contribution in [1.82, 2.24) is 5.32 Å². The SMILES string of the molecule is C=COCCCNC(=O)c1cc([N+](=O)[O-])ccc1Cl. The molecule has 1 N–H and O–H groups in total. The highest BCUT2D eigenvalue weighted by Crippen LogP contribution is 2.21. The normalized spacial score (nSPS) is 9.74. The molecule has 0 saturated heterocycles. The fourth-order valence-electron chi connectivity index (χ4n) is 1.34. The Morgan fingerprint density at radius 1 is 1.58 bits per heavy atom. The topological polar surface area (TPSA) is 81.5 Å². The number of hydrogen-bond donors (Lipinski definition) is 1. The summed E-state index contributed by atoms with van der Waals surface area (Å²) in [5, 5.41) is 13.4. The molecule has 7 heteroatoms. The molecule has 0 spiro atoms. The van der Waals surface area contributed by atoms with E-state index in [0.717, 1.165) is 6.07 Å². The maximum Gasteiger partial charge on any atom is 0.270 e. The summed E-state index contributed by atoms with van der Waals surface area (Å²) in [6.45, 7) is 4.21. The van der Waals surface area contributed by atoms with Crippen molar-refractivity contribution in [2.75, 3.05) is 13.2 Å². The monoisotopic (exact) mass is 284 g/mol. The van der Waals surface area contributed by atoms with Crippen LogP contribution in [-0.4, -0.2) is 24.0 Å². The zero-order valence-electron chi connectivity index (χ0n) is 10.1. The third kappa shape index (κ3) is 4.59. The Kier molecular flexibility index (Phi) is 5.81. The number of nitrogens with one attached hydrogen (secondary N) is 1. The number of hydrogen-bond acceptors (Lipinski definition) is 4. The third-order valence-electron chi connectivity index (χ3n) is 2.25. The van der Waals surface area contributed by atoms with Gasteiger partial charge >= 0.3 is 0 Å². The molecule has 0 aliphatic heterocycles. The zero-order valence-corrected chi connectivity index (χ0v) is 10.9. The van der Waals surface area contributed by atoms with E-state index in [0.29, 0.717) is 19.6 Å². The van der Waals surface area contributed by atoms with Crippen LogP contribution in [0.15, 0.2) is 31.0 Å². The number of benzene rings is 1. The van der Waals surface area contributed by atoms with Gasteiger partial charge in [0.05, 0.1) is 28.4 Å². The van der Waals surface area contributed by atoms with E-state index < -0.39 is 10.8 Å². The van der Waals surface area contributed by atoms with E-state index in [1.165, 1.54) is 18.4 Å². The molecular formula is C12H13ClN2O4. The Balaban J connectivity index is 2.63. The summed E-state index contributed by atoms with van der Waals surface area (Å²) in [6, 6.07) is 3.73. The van der Waals surface area contributed by atoms with Gasteiger partial charge in [-0.2, -0.15) is 0 Å². The standard InChI is InChI=1S/C12H13ClN2O4/c1-2-19-7-3-6-14-12(16)10-8-9(15(17)18)4-5-11(10)13/h2,4-5,8H,1,3,6-7H2,(H,14,16). The maximum absolute atomic E-state index is 11.8. The fourth-order valence-corrected chi connectivity index (χ4v) is 1.54. The number of carbonyl (C=O) groups is 1. The van der Waals surface area contributed by atoms with Crippen molar-refractivity contribution in [3.05, 3.63) is 51.7 Å². The second-order valence-corrected chi connectivity index (χ2v) is 3.98. The van der Waals surface area contributed by atoms with Crippen LogP contribution >= 0.6 is 11.6 Å². The van der Waals surface area contributed by atoms with Crippen molar-refractivity contribution in [3.8, 4) is 0 Å². The van der Waals surface area contributed by atoms with Crippen molar-refractivity contribution < 1.29 is 14.5 Å². The van der Waals surface area contributed by atoms with Gasteiger partial charge in [0, 0.05) is 18.7 Å². The van der Waals surface area contributed by atoms with Crippen molar-refractivity contribution in [2.24, 2.45) is 0 Å². The number of ether oxygens (including phenoxy) is 1. The first-order valence-corrected chi connectivity index (χ1v) is 5.88. The van der Waals surface area contributed by atoms with Gasteiger partial charge in [0.1, 0.15) is 0 Å². The van der Waals surface area contributed by atoms with E-state index in [4.69, 9.17) is 16.3 Å². The zero-order chi connectivity index (χ0) is 14.3. The Morgan fingerprint density at radius 2 is 2.32 bits per heavy atom. The number of carbonyl (C=O) groups excluding carboxylic acids is 1. The molecule has 0 radical (unpaired) electrons. The average molecular weight is 285 g/mol. The van der Waals surface area contributed by atoms with Crippen molar-refractivity contribution in [3.63, 3.8) is 0 Å². The smallest absolute Gasteiger partial charge is 0.270 e. The van der Waals surface area contributed by atoms with Crippen LogP contribution in [0, 0.1) is 10.1 Å². The number of nitrogens with zero attached hydrogens (tertiary/aromatic N) is 1. The van der Waals surface area contributed by atoms with Gasteiger partial charge in [-0.1, -0.05) is 18.2 Å². The molecule has 0 saturated carbocycles. The average Bonchev–Trinajstić information content (AvgIpc) is 2.38. The van der Waals surface area contributed by atoms with Crippen LogP contribution in [0.25, 0.3) is 0 Å². The number of halogens is 1. The number of amides is 1. The maximum atomic E-state index is 11.8. The molecular weight excluding hydrogens is 272 g/mol. The highest BCUT2D eigenvalue weighted by atomic mass is 35.5. The highest BCUT2D eigenvalue weighted by molar-refractivity contribution is 6.33. The van der Waals surface area contributed by atoms with Gasteiger partial charge < -0.3 is 10.1 Å². The Bertz CT molecular complexity index is 491. The van der Waals surface area contributed by atoms with Gasteiger partial charge in [-0.25, -0.2) is 0 Å². The number of nitro groups is 1. The first kappa shape index (κ1) is 15.0. The molecule has 1 amide bonds. The van der Waals surface area contributed by atoms with Crippen LogP contribution in [0.3, 0.4) is 0 Å². The van der Waals surface area contributed by atoms with Crippen LogP contribution in [0.4, 0.5) is 5.69 Å². The molecule has 6 nitrogen and oxygen atoms in total. The van der Waals surface area contributed by atoms with Gasteiger partial charge in [0.25, 0.3) is 11.6 Å². The summed E-state index contributed by atoms with van der Waals surface area (Å²) in [5.41, 5.74) is -0.0925. The molecule has 1 rings (SSSR count). The van der Waals surface area contributed by atoms with Crippen LogP contribution < -0.4 is 5.32 Å². The predicted octanol–water partition coefficient (Wildman–Crippen LogP) is 2.53. The lowest BCUT2D eigenvalue weighted by Gasteiger charge is -2.06. The molecule has 0 unspecified atom stereocenters. The number of non-ortho nitro benzene ring substituents is 1. The summed E-state index contributed by atoms with van der Waals surface area (Å²) in [5.74, 6) is -0.452. The second kappa shape index (κ2) is 7.38. The van der Waals surface area contributed by atoms with E-state index in [-0.39, 0.29) is 16.3 Å². The molecule has 0 aliphatic rings. The Hall–Kier alpha value is -2.08. The first-order chi connectivity index (χ1) is 9.06. The minimum absolute atomic E-state index is 0.0838. The quantitative estimate of drug-likeness (QED) is 0.361. The lowest BCUT2D eigenvalue weighted by Crippen LogP contribution is -2.25. The molecule has 0 aliphatic carbocycles. The lowest BCUT2D eigenvalue weighted by molar-refractivity contribution is -0.384. The summed E-state index contributed by atoms with van der Waals surface area (Å²) in [6.07, 6.45) is 1.92. The summed E-state index contributed by atoms with van der Waals surface area (Å²) in [4.78, 5) is 21.8. The molecule has 1 aromatic carbocycles. The summed E-state index contributed by atoms with van der Waals surface area (Å²) >= 11 is 5.84. The predicted molar refractivity (Wildman–Crippen MR) is 71.2 cm³/mol. The minimum atomic E-state index is -0.578. The van der Waals surface area contributed by atoms with Gasteiger partial charge in [-0.05, 0) is 12.5 Å². The second-order valence-electron chi connectivity index (χ2n) is 3.57. The molecule has 0 bridgehead atoms. The molecule has 0 fully saturated rings. The first-order valence-electron chi connectivity index (χ1n) is 5.51. The fraction of sp³-hybridized carbons (Fsp3) is 0.250. The Morgan fingerprint density at radius 3 is 2.95 bits per heavy atom. The van der Waals surface area contributed by atoms with Crippen LogP contribution in [0.5, 0.6) is 0 Å². The molecule has 0 heterocycles. The van der Waals surface area contributed by atoms with Crippen LogP contribution in [0.1, 0.15) is 16.8 Å². The van der Waals surface area contributed by atoms with Crippen molar-refractivity contribution >= 4 is 23.2 Å². The van der Waals surface area contributed by atoms with E-state index in [1.54, 1.807) is 0 Å². The number of nitro benzene ring substituents is 1. The van der Waals surface area contributed by atoms with Gasteiger partial charge in [-0.3, -0.25) is 14.9 Å². The van der Waals surface area contributed by atoms with Gasteiger partial charge in [0.2, 0.25) is 0 Å². The van der Waals surface area contributed by atoms with Crippen LogP contribution in [0.2, 0.25) is 5.02 Å². The minimum Gasteiger partial charge on any atom is -0.502 e. The molecule has 0 aromatic heterocycles. The Labute approximate surface area is 115 Å². The van der Waals surface area contributed by atoms with Crippen molar-refractivity contribution in [2.45, 2.75) is 6.42 Å². The van der Waals surface area contributed by atoms with Crippen molar-refractivity contribution in [1.29, 1.82) is 0 Å². The number of rotatable bonds is 7.